The van der Waals surface area contributed by atoms with E-state index in [0.29, 0.717) is 34.2 Å². The van der Waals surface area contributed by atoms with Crippen molar-refractivity contribution in [1.82, 2.24) is 39.7 Å². The molecule has 0 bridgehead atoms. The van der Waals surface area contributed by atoms with E-state index in [1.54, 1.807) is 41.1 Å². The van der Waals surface area contributed by atoms with E-state index < -0.39 is 30.0 Å². The number of likely N-dealkylation sites (tertiary alicyclic amines) is 1. The SMILES string of the molecule is Cc1ncsc1-c1ccc([C@H](C)NC(=O)[C@@H]2C[C@@H](O)CN2C(=O)[C@@H](C(C)C)n2cc(-c3cc(F)cc(OCCCC(=O)C[C@@H]4N=C(c5ccc(Cl)cc5)c5c(sc(C)c5C)-n5c(C)nnc54)c3)cn2)cc1. The smallest absolute Gasteiger partial charge is 0.248 e. The molecule has 5 atom stereocenters. The van der Waals surface area contributed by atoms with Crippen LogP contribution >= 0.6 is 34.3 Å². The van der Waals surface area contributed by atoms with Crippen molar-refractivity contribution in [1.29, 1.82) is 0 Å². The lowest BCUT2D eigenvalue weighted by Gasteiger charge is -2.30. The third-order valence-electron chi connectivity index (χ3n) is 13.3. The van der Waals surface area contributed by atoms with Crippen LogP contribution in [0.25, 0.3) is 26.6 Å². The number of rotatable bonds is 16. The standard InChI is InChI=1S/C53H55ClFN9O5S2/c1-28(2)48(52(68)62-26-42(66)23-45(62)51(67)58-30(4)34-10-12-36(13-11-34)49-31(5)56-27-70-49)63-25-38(24-57-63)37-19-40(55)21-43(20-37)69-18-8-9-41(65)22-44-50-61-60-33(7)64(50)53-46(29(3)32(6)71-53)47(59-44)35-14-16-39(54)17-15-35/h10-17,19-21,24-25,27-28,30,42,44-45,48,66H,8-9,18,22-23,26H2,1-7H3,(H,58,67)/t30-,42+,44-,45-,48+/m0/s1. The Morgan fingerprint density at radius 1 is 0.958 bits per heavy atom. The van der Waals surface area contributed by atoms with Gasteiger partial charge in [-0.25, -0.2) is 9.37 Å². The van der Waals surface area contributed by atoms with E-state index in [4.69, 9.17) is 21.3 Å². The molecule has 7 aromatic rings. The number of carbonyl (C=O) groups excluding carboxylic acids is 3. The third-order valence-corrected chi connectivity index (χ3v) is 15.7. The van der Waals surface area contributed by atoms with Gasteiger partial charge in [-0.3, -0.25) is 28.6 Å². The lowest BCUT2D eigenvalue weighted by Crippen LogP contribution is -2.49. The summed E-state index contributed by atoms with van der Waals surface area (Å²) in [6.07, 6.45) is 3.15. The van der Waals surface area contributed by atoms with Crippen molar-refractivity contribution in [2.45, 2.75) is 104 Å². The van der Waals surface area contributed by atoms with Crippen LogP contribution in [-0.2, 0) is 14.4 Å². The highest BCUT2D eigenvalue weighted by Crippen LogP contribution is 2.40. The Balaban J connectivity index is 0.837. The second-order valence-electron chi connectivity index (χ2n) is 18.7. The van der Waals surface area contributed by atoms with Crippen LogP contribution < -0.4 is 10.1 Å². The number of benzene rings is 3. The van der Waals surface area contributed by atoms with Crippen molar-refractivity contribution in [3.63, 3.8) is 0 Å². The first-order chi connectivity index (χ1) is 34.0. The summed E-state index contributed by atoms with van der Waals surface area (Å²) in [5.74, 6) is 0.0659. The van der Waals surface area contributed by atoms with Crippen LogP contribution in [0.3, 0.4) is 0 Å². The summed E-state index contributed by atoms with van der Waals surface area (Å²) < 4.78 is 24.8. The molecule has 1 fully saturated rings. The van der Waals surface area contributed by atoms with Gasteiger partial charge in [0.15, 0.2) is 5.82 Å². The number of β-amino-alcohol motifs (C(OH)–C–C–N with tert-alkyl or cyclic N) is 1. The summed E-state index contributed by atoms with van der Waals surface area (Å²) in [5, 5.41) is 28.9. The number of aryl methyl sites for hydroxylation is 3. The summed E-state index contributed by atoms with van der Waals surface area (Å²) in [6.45, 7) is 13.9. The van der Waals surface area contributed by atoms with Gasteiger partial charge in [0.25, 0.3) is 0 Å². The number of Topliss-reactive ketones (excluding diaryl/α,β-unsaturated/α-hetero) is 1. The van der Waals surface area contributed by atoms with E-state index >= 15 is 4.39 Å². The van der Waals surface area contributed by atoms with E-state index in [2.05, 4.69) is 39.4 Å². The number of thiophene rings is 1. The Morgan fingerprint density at radius 2 is 1.70 bits per heavy atom. The maximum Gasteiger partial charge on any atom is 0.248 e. The minimum absolute atomic E-state index is 0.000258. The predicted octanol–water partition coefficient (Wildman–Crippen LogP) is 10.1. The number of aliphatic hydroxyl groups is 1. The molecule has 1 saturated heterocycles. The zero-order valence-electron chi connectivity index (χ0n) is 40.5. The number of halogens is 2. The molecule has 2 aliphatic heterocycles. The van der Waals surface area contributed by atoms with Gasteiger partial charge in [0, 0.05) is 64.7 Å². The van der Waals surface area contributed by atoms with Crippen LogP contribution in [0.5, 0.6) is 5.75 Å². The van der Waals surface area contributed by atoms with Crippen molar-refractivity contribution in [2.75, 3.05) is 13.2 Å². The first-order valence-corrected chi connectivity index (χ1v) is 25.8. The molecular formula is C53H55ClFN9O5S2. The second-order valence-corrected chi connectivity index (χ2v) is 21.2. The first-order valence-electron chi connectivity index (χ1n) is 23.7. The number of hydrogen-bond acceptors (Lipinski definition) is 12. The molecule has 71 heavy (non-hydrogen) atoms. The largest absolute Gasteiger partial charge is 0.493 e. The van der Waals surface area contributed by atoms with Crippen LogP contribution in [0.4, 0.5) is 4.39 Å². The average Bonchev–Trinajstić information content (AvgIpc) is 4.19. The van der Waals surface area contributed by atoms with Gasteiger partial charge in [0.2, 0.25) is 11.8 Å². The van der Waals surface area contributed by atoms with Gasteiger partial charge in [0.1, 0.15) is 46.3 Å². The van der Waals surface area contributed by atoms with Gasteiger partial charge < -0.3 is 20.1 Å². The number of fused-ring (bicyclic) bond motifs is 3. The minimum Gasteiger partial charge on any atom is -0.493 e. The fourth-order valence-corrected chi connectivity index (χ4v) is 11.6. The first kappa shape index (κ1) is 49.6. The lowest BCUT2D eigenvalue weighted by molar-refractivity contribution is -0.142. The van der Waals surface area contributed by atoms with Crippen molar-refractivity contribution in [2.24, 2.45) is 10.9 Å². The quantitative estimate of drug-likeness (QED) is 0.0895. The normalized spacial score (nSPS) is 17.4. The zero-order chi connectivity index (χ0) is 50.2. The van der Waals surface area contributed by atoms with Gasteiger partial charge >= 0.3 is 0 Å². The number of carbonyl (C=O) groups is 3. The number of ether oxygens (including phenoxy) is 1. The summed E-state index contributed by atoms with van der Waals surface area (Å²) in [6, 6.07) is 17.2. The van der Waals surface area contributed by atoms with Crippen LogP contribution in [0.1, 0.15) is 109 Å². The minimum atomic E-state index is -0.888. The van der Waals surface area contributed by atoms with Crippen LogP contribution in [0.15, 0.2) is 89.6 Å². The monoisotopic (exact) mass is 1020 g/mol. The average molecular weight is 1020 g/mol. The van der Waals surface area contributed by atoms with Crippen LogP contribution in [-0.4, -0.2) is 88.1 Å². The van der Waals surface area contributed by atoms with Crippen molar-refractivity contribution < 1.29 is 28.6 Å². The fraction of sp³-hybridized carbons (Fsp3) is 0.358. The van der Waals surface area contributed by atoms with Crippen molar-refractivity contribution >= 4 is 57.6 Å². The van der Waals surface area contributed by atoms with Crippen molar-refractivity contribution in [3.8, 4) is 32.3 Å². The number of nitrogens with zero attached hydrogens (tertiary/aromatic N) is 8. The molecule has 368 valence electrons. The molecule has 2 aliphatic rings. The molecule has 6 heterocycles. The highest BCUT2D eigenvalue weighted by molar-refractivity contribution is 7.15. The molecular weight excluding hydrogens is 961 g/mol. The molecule has 4 aromatic heterocycles. The number of amides is 2. The Bertz CT molecular complexity index is 3140. The molecule has 18 heteroatoms. The molecule has 2 amide bonds. The van der Waals surface area contributed by atoms with Crippen molar-refractivity contribution in [3.05, 3.63) is 140 Å². The zero-order valence-corrected chi connectivity index (χ0v) is 42.9. The van der Waals surface area contributed by atoms with Crippen LogP contribution in [0, 0.1) is 39.4 Å². The fourth-order valence-electron chi connectivity index (χ4n) is 9.44. The number of nitrogens with one attached hydrogen (secondary N) is 1. The number of thiazole rings is 1. The van der Waals surface area contributed by atoms with E-state index in [-0.39, 0.29) is 67.7 Å². The van der Waals surface area contributed by atoms with E-state index in [0.717, 1.165) is 54.0 Å². The molecule has 0 saturated carbocycles. The summed E-state index contributed by atoms with van der Waals surface area (Å²) >= 11 is 9.49. The van der Waals surface area contributed by atoms with Gasteiger partial charge in [-0.15, -0.1) is 32.9 Å². The molecule has 0 unspecified atom stereocenters. The van der Waals surface area contributed by atoms with Gasteiger partial charge in [0.05, 0.1) is 46.7 Å². The number of aliphatic imine (C=N–C) groups is 1. The number of aliphatic hydroxyl groups excluding tert-OH is 1. The van der Waals surface area contributed by atoms with E-state index in [1.807, 2.05) is 93.2 Å². The molecule has 0 aliphatic carbocycles. The highest BCUT2D eigenvalue weighted by Gasteiger charge is 2.43. The molecule has 3 aromatic carbocycles. The van der Waals surface area contributed by atoms with E-state index in [1.165, 1.54) is 21.7 Å². The number of aromatic nitrogens is 6. The summed E-state index contributed by atoms with van der Waals surface area (Å²) in [4.78, 5) is 55.2. The summed E-state index contributed by atoms with van der Waals surface area (Å²) in [7, 11) is 0. The van der Waals surface area contributed by atoms with Gasteiger partial charge in [-0.1, -0.05) is 61.8 Å². The lowest BCUT2D eigenvalue weighted by atomic mass is 9.99. The molecule has 0 spiro atoms. The maximum atomic E-state index is 15.2. The number of ketones is 1. The molecule has 9 rings (SSSR count). The van der Waals surface area contributed by atoms with Gasteiger partial charge in [-0.2, -0.15) is 5.10 Å². The Kier molecular flexibility index (Phi) is 14.5. The Morgan fingerprint density at radius 3 is 2.42 bits per heavy atom. The Labute approximate surface area is 424 Å². The molecule has 2 N–H and O–H groups in total. The molecule has 0 radical (unpaired) electrons. The second kappa shape index (κ2) is 20.7. The maximum absolute atomic E-state index is 15.2. The van der Waals surface area contributed by atoms with Crippen LogP contribution in [0.2, 0.25) is 5.02 Å². The third kappa shape index (κ3) is 10.4. The number of hydrogen-bond donors (Lipinski definition) is 2. The van der Waals surface area contributed by atoms with E-state index in [9.17, 15) is 19.5 Å². The summed E-state index contributed by atoms with van der Waals surface area (Å²) in [5.41, 5.74) is 9.51. The molecule has 14 nitrogen and oxygen atoms in total. The Hall–Kier alpha value is -6.40. The highest BCUT2D eigenvalue weighted by atomic mass is 35.5. The predicted molar refractivity (Wildman–Crippen MR) is 274 cm³/mol. The topological polar surface area (TPSA) is 170 Å². The van der Waals surface area contributed by atoms with Gasteiger partial charge in [-0.05, 0) is 93.5 Å².